The number of nitrogens with zero attached hydrogens (tertiary/aromatic N) is 3. The summed E-state index contributed by atoms with van der Waals surface area (Å²) in [4.78, 5) is 6.82. The number of likely N-dealkylation sites (tertiary alicyclic amines) is 1. The van der Waals surface area contributed by atoms with E-state index < -0.39 is 11.6 Å². The molecule has 2 aromatic rings. The highest BCUT2D eigenvalue weighted by Crippen LogP contribution is 2.28. The van der Waals surface area contributed by atoms with Crippen LogP contribution in [0.5, 0.6) is 0 Å². The van der Waals surface area contributed by atoms with Crippen LogP contribution in [-0.4, -0.2) is 27.5 Å². The summed E-state index contributed by atoms with van der Waals surface area (Å²) in [5.41, 5.74) is 1.75. The van der Waals surface area contributed by atoms with E-state index >= 15 is 0 Å². The normalized spacial score (nSPS) is 18.7. The first kappa shape index (κ1) is 16.1. The molecule has 0 saturated carbocycles. The SMILES string of the molecule is CCCn1c(C)cnc1C1CCN(Cc2ccc(F)cc2F)C1. The Morgan fingerprint density at radius 1 is 1.30 bits per heavy atom. The maximum atomic E-state index is 13.8. The lowest BCUT2D eigenvalue weighted by atomic mass is 10.1. The second kappa shape index (κ2) is 6.79. The zero-order chi connectivity index (χ0) is 16.4. The van der Waals surface area contributed by atoms with E-state index in [2.05, 4.69) is 28.3 Å². The Kier molecular flexibility index (Phi) is 4.76. The molecule has 1 fully saturated rings. The van der Waals surface area contributed by atoms with Crippen molar-refractivity contribution in [2.24, 2.45) is 0 Å². The molecule has 1 unspecified atom stereocenters. The van der Waals surface area contributed by atoms with Gasteiger partial charge in [0.05, 0.1) is 0 Å². The van der Waals surface area contributed by atoms with E-state index in [-0.39, 0.29) is 0 Å². The second-order valence-corrected chi connectivity index (χ2v) is 6.37. The fourth-order valence-electron chi connectivity index (χ4n) is 3.40. The first-order valence-electron chi connectivity index (χ1n) is 8.26. The summed E-state index contributed by atoms with van der Waals surface area (Å²) in [6.07, 6.45) is 4.05. The van der Waals surface area contributed by atoms with Gasteiger partial charge in [0.15, 0.2) is 0 Å². The van der Waals surface area contributed by atoms with E-state index in [1.165, 1.54) is 11.8 Å². The van der Waals surface area contributed by atoms with Crippen molar-refractivity contribution >= 4 is 0 Å². The number of rotatable bonds is 5. The Morgan fingerprint density at radius 3 is 2.87 bits per heavy atom. The summed E-state index contributed by atoms with van der Waals surface area (Å²) >= 11 is 0. The number of hydrogen-bond acceptors (Lipinski definition) is 2. The lowest BCUT2D eigenvalue weighted by Gasteiger charge is -2.17. The highest BCUT2D eigenvalue weighted by atomic mass is 19.1. The minimum atomic E-state index is -0.525. The van der Waals surface area contributed by atoms with Gasteiger partial charge in [0.25, 0.3) is 0 Å². The van der Waals surface area contributed by atoms with E-state index in [1.807, 2.05) is 6.20 Å². The number of benzene rings is 1. The molecule has 0 N–H and O–H groups in total. The van der Waals surface area contributed by atoms with Gasteiger partial charge in [-0.05, 0) is 32.4 Å². The van der Waals surface area contributed by atoms with Crippen LogP contribution in [0.1, 0.15) is 42.8 Å². The van der Waals surface area contributed by atoms with Crippen LogP contribution in [0.25, 0.3) is 0 Å². The number of aromatic nitrogens is 2. The van der Waals surface area contributed by atoms with Crippen molar-refractivity contribution in [1.82, 2.24) is 14.5 Å². The van der Waals surface area contributed by atoms with Gasteiger partial charge in [-0.25, -0.2) is 13.8 Å². The van der Waals surface area contributed by atoms with Crippen molar-refractivity contribution in [3.05, 3.63) is 53.1 Å². The van der Waals surface area contributed by atoms with Crippen LogP contribution in [0.15, 0.2) is 24.4 Å². The predicted molar refractivity (Wildman–Crippen MR) is 86.2 cm³/mol. The minimum Gasteiger partial charge on any atom is -0.332 e. The molecule has 23 heavy (non-hydrogen) atoms. The molecule has 1 aromatic heterocycles. The van der Waals surface area contributed by atoms with Gasteiger partial charge in [-0.3, -0.25) is 4.90 Å². The number of imidazole rings is 1. The molecule has 3 nitrogen and oxygen atoms in total. The quantitative estimate of drug-likeness (QED) is 0.834. The van der Waals surface area contributed by atoms with Gasteiger partial charge in [0, 0.05) is 49.1 Å². The van der Waals surface area contributed by atoms with Gasteiger partial charge in [-0.15, -0.1) is 0 Å². The number of halogens is 2. The third-order valence-corrected chi connectivity index (χ3v) is 4.58. The molecule has 2 heterocycles. The van der Waals surface area contributed by atoms with E-state index in [1.54, 1.807) is 6.07 Å². The first-order valence-corrected chi connectivity index (χ1v) is 8.26. The summed E-state index contributed by atoms with van der Waals surface area (Å²) in [6, 6.07) is 3.82. The average Bonchev–Trinajstić information content (AvgIpc) is 3.10. The topological polar surface area (TPSA) is 21.1 Å². The van der Waals surface area contributed by atoms with Gasteiger partial charge in [0.2, 0.25) is 0 Å². The Balaban J connectivity index is 1.69. The molecule has 0 amide bonds. The van der Waals surface area contributed by atoms with Crippen molar-refractivity contribution in [1.29, 1.82) is 0 Å². The lowest BCUT2D eigenvalue weighted by molar-refractivity contribution is 0.318. The molecule has 5 heteroatoms. The third kappa shape index (κ3) is 3.44. The summed E-state index contributed by atoms with van der Waals surface area (Å²) in [5.74, 6) is 0.546. The minimum absolute atomic E-state index is 0.388. The Morgan fingerprint density at radius 2 is 2.13 bits per heavy atom. The van der Waals surface area contributed by atoms with Gasteiger partial charge in [-0.1, -0.05) is 13.0 Å². The smallest absolute Gasteiger partial charge is 0.130 e. The Labute approximate surface area is 135 Å². The predicted octanol–water partition coefficient (Wildman–Crippen LogP) is 3.87. The standard InChI is InChI=1S/C18H23F2N3/c1-3-7-23-13(2)10-21-18(23)15-6-8-22(12-15)11-14-4-5-16(19)9-17(14)20/h4-5,9-10,15H,3,6-8,11-12H2,1-2H3. The zero-order valence-corrected chi connectivity index (χ0v) is 13.7. The van der Waals surface area contributed by atoms with E-state index in [0.29, 0.717) is 18.0 Å². The third-order valence-electron chi connectivity index (χ3n) is 4.58. The number of hydrogen-bond donors (Lipinski definition) is 0. The van der Waals surface area contributed by atoms with Crippen molar-refractivity contribution in [3.63, 3.8) is 0 Å². The molecule has 0 aliphatic carbocycles. The van der Waals surface area contributed by atoms with Crippen molar-refractivity contribution in [2.45, 2.75) is 45.7 Å². The first-order chi connectivity index (χ1) is 11.1. The Bertz CT molecular complexity index is 681. The summed E-state index contributed by atoms with van der Waals surface area (Å²) in [7, 11) is 0. The molecular weight excluding hydrogens is 296 g/mol. The summed E-state index contributed by atoms with van der Waals surface area (Å²) in [6.45, 7) is 7.56. The van der Waals surface area contributed by atoms with Gasteiger partial charge >= 0.3 is 0 Å². The monoisotopic (exact) mass is 319 g/mol. The second-order valence-electron chi connectivity index (χ2n) is 6.37. The molecule has 0 bridgehead atoms. The maximum absolute atomic E-state index is 13.8. The van der Waals surface area contributed by atoms with Crippen molar-refractivity contribution in [2.75, 3.05) is 13.1 Å². The van der Waals surface area contributed by atoms with Crippen molar-refractivity contribution in [3.8, 4) is 0 Å². The molecule has 124 valence electrons. The largest absolute Gasteiger partial charge is 0.332 e. The van der Waals surface area contributed by atoms with Crippen LogP contribution >= 0.6 is 0 Å². The van der Waals surface area contributed by atoms with Crippen LogP contribution in [0, 0.1) is 18.6 Å². The summed E-state index contributed by atoms with van der Waals surface area (Å²) < 4.78 is 29.1. The van der Waals surface area contributed by atoms with Crippen LogP contribution in [-0.2, 0) is 13.1 Å². The molecule has 1 atom stereocenters. The van der Waals surface area contributed by atoms with Gasteiger partial charge in [0.1, 0.15) is 17.5 Å². The fraction of sp³-hybridized carbons (Fsp3) is 0.500. The van der Waals surface area contributed by atoms with Gasteiger partial charge in [-0.2, -0.15) is 0 Å². The fourth-order valence-corrected chi connectivity index (χ4v) is 3.40. The van der Waals surface area contributed by atoms with Crippen LogP contribution in [0.2, 0.25) is 0 Å². The van der Waals surface area contributed by atoms with E-state index in [9.17, 15) is 8.78 Å². The molecule has 0 spiro atoms. The average molecular weight is 319 g/mol. The van der Waals surface area contributed by atoms with Crippen LogP contribution in [0.3, 0.4) is 0 Å². The zero-order valence-electron chi connectivity index (χ0n) is 13.7. The van der Waals surface area contributed by atoms with Crippen LogP contribution < -0.4 is 0 Å². The molecule has 1 aromatic carbocycles. The van der Waals surface area contributed by atoms with E-state index in [0.717, 1.165) is 44.4 Å². The summed E-state index contributed by atoms with van der Waals surface area (Å²) in [5, 5.41) is 0. The Hall–Kier alpha value is -1.75. The van der Waals surface area contributed by atoms with Crippen LogP contribution in [0.4, 0.5) is 8.78 Å². The van der Waals surface area contributed by atoms with Gasteiger partial charge < -0.3 is 4.57 Å². The molecule has 3 rings (SSSR count). The maximum Gasteiger partial charge on any atom is 0.130 e. The molecule has 1 aliphatic heterocycles. The molecule has 1 saturated heterocycles. The highest BCUT2D eigenvalue weighted by Gasteiger charge is 2.28. The van der Waals surface area contributed by atoms with Crippen molar-refractivity contribution < 1.29 is 8.78 Å². The molecule has 1 aliphatic rings. The lowest BCUT2D eigenvalue weighted by Crippen LogP contribution is -2.21. The highest BCUT2D eigenvalue weighted by molar-refractivity contribution is 5.19. The number of aryl methyl sites for hydroxylation is 1. The molecule has 0 radical (unpaired) electrons. The molecular formula is C18H23F2N3. The van der Waals surface area contributed by atoms with E-state index in [4.69, 9.17) is 0 Å².